The fraction of sp³-hybridized carbons (Fsp3) is 0.308. The number of hydrogen-bond donors (Lipinski definition) is 2. The lowest BCUT2D eigenvalue weighted by Gasteiger charge is -2.06. The van der Waals surface area contributed by atoms with Crippen LogP contribution in [0.2, 0.25) is 0 Å². The van der Waals surface area contributed by atoms with Gasteiger partial charge < -0.3 is 10.4 Å². The lowest BCUT2D eigenvalue weighted by Crippen LogP contribution is -2.19. The zero-order chi connectivity index (χ0) is 14.7. The SMILES string of the molecule is Cc1cc(NC(=O)Cn2cc(C(C)O)nn2)ccc1Br. The molecule has 0 bridgehead atoms. The molecule has 0 spiro atoms. The summed E-state index contributed by atoms with van der Waals surface area (Å²) < 4.78 is 2.39. The van der Waals surface area contributed by atoms with E-state index in [0.717, 1.165) is 15.7 Å². The summed E-state index contributed by atoms with van der Waals surface area (Å²) in [5, 5.41) is 19.7. The monoisotopic (exact) mass is 338 g/mol. The topological polar surface area (TPSA) is 80.0 Å². The minimum Gasteiger partial charge on any atom is -0.387 e. The highest BCUT2D eigenvalue weighted by atomic mass is 79.9. The average molecular weight is 339 g/mol. The lowest BCUT2D eigenvalue weighted by atomic mass is 10.2. The number of aliphatic hydroxyl groups is 1. The van der Waals surface area contributed by atoms with E-state index in [1.165, 1.54) is 4.68 Å². The molecule has 106 valence electrons. The molecule has 2 aromatic rings. The number of rotatable bonds is 4. The molecular formula is C13H15BrN4O2. The van der Waals surface area contributed by atoms with Crippen LogP contribution in [0.1, 0.15) is 24.3 Å². The van der Waals surface area contributed by atoms with E-state index in [1.807, 2.05) is 25.1 Å². The highest BCUT2D eigenvalue weighted by Gasteiger charge is 2.09. The van der Waals surface area contributed by atoms with Gasteiger partial charge in [0.1, 0.15) is 12.2 Å². The Labute approximate surface area is 124 Å². The van der Waals surface area contributed by atoms with Crippen molar-refractivity contribution in [2.24, 2.45) is 0 Å². The molecule has 1 unspecified atom stereocenters. The molecule has 0 aliphatic heterocycles. The Morgan fingerprint density at radius 3 is 2.90 bits per heavy atom. The molecule has 0 saturated heterocycles. The summed E-state index contributed by atoms with van der Waals surface area (Å²) >= 11 is 3.41. The first-order valence-corrected chi connectivity index (χ1v) is 6.89. The molecule has 1 amide bonds. The van der Waals surface area contributed by atoms with E-state index in [1.54, 1.807) is 13.1 Å². The van der Waals surface area contributed by atoms with Gasteiger partial charge in [-0.05, 0) is 37.6 Å². The van der Waals surface area contributed by atoms with Crippen LogP contribution in [-0.2, 0) is 11.3 Å². The van der Waals surface area contributed by atoms with Crippen molar-refractivity contribution in [2.75, 3.05) is 5.32 Å². The number of hydrogen-bond acceptors (Lipinski definition) is 4. The third kappa shape index (κ3) is 3.64. The molecule has 6 nitrogen and oxygen atoms in total. The van der Waals surface area contributed by atoms with Crippen LogP contribution in [0.15, 0.2) is 28.9 Å². The molecule has 0 saturated carbocycles. The maximum absolute atomic E-state index is 11.9. The Balaban J connectivity index is 1.99. The zero-order valence-corrected chi connectivity index (χ0v) is 12.8. The van der Waals surface area contributed by atoms with Crippen molar-refractivity contribution in [3.8, 4) is 0 Å². The molecule has 1 heterocycles. The van der Waals surface area contributed by atoms with Gasteiger partial charge in [0.25, 0.3) is 0 Å². The maximum Gasteiger partial charge on any atom is 0.246 e. The Morgan fingerprint density at radius 2 is 2.30 bits per heavy atom. The van der Waals surface area contributed by atoms with Gasteiger partial charge in [-0.1, -0.05) is 21.1 Å². The standard InChI is InChI=1S/C13H15BrN4O2/c1-8-5-10(3-4-11(8)14)15-13(20)7-18-6-12(9(2)19)16-17-18/h3-6,9,19H,7H2,1-2H3,(H,15,20). The summed E-state index contributed by atoms with van der Waals surface area (Å²) in [4.78, 5) is 11.9. The van der Waals surface area contributed by atoms with E-state index in [2.05, 4.69) is 31.6 Å². The number of amides is 1. The molecule has 1 aromatic carbocycles. The third-order valence-electron chi connectivity index (χ3n) is 2.73. The number of anilines is 1. The number of carbonyl (C=O) groups excluding carboxylic acids is 1. The van der Waals surface area contributed by atoms with Crippen LogP contribution in [0, 0.1) is 6.92 Å². The van der Waals surface area contributed by atoms with E-state index >= 15 is 0 Å². The summed E-state index contributed by atoms with van der Waals surface area (Å²) in [5.74, 6) is -0.200. The fourth-order valence-corrected chi connectivity index (χ4v) is 1.90. The minimum atomic E-state index is -0.694. The van der Waals surface area contributed by atoms with E-state index in [0.29, 0.717) is 5.69 Å². The van der Waals surface area contributed by atoms with Crippen LogP contribution < -0.4 is 5.32 Å². The van der Waals surface area contributed by atoms with E-state index in [4.69, 9.17) is 0 Å². The number of benzene rings is 1. The molecule has 0 radical (unpaired) electrons. The second-order valence-corrected chi connectivity index (χ2v) is 5.38. The number of aliphatic hydroxyl groups excluding tert-OH is 1. The first-order valence-electron chi connectivity index (χ1n) is 6.10. The largest absolute Gasteiger partial charge is 0.387 e. The number of carbonyl (C=O) groups is 1. The number of aromatic nitrogens is 3. The summed E-state index contributed by atoms with van der Waals surface area (Å²) in [5.41, 5.74) is 2.21. The van der Waals surface area contributed by atoms with Gasteiger partial charge in [-0.25, -0.2) is 4.68 Å². The molecule has 2 rings (SSSR count). The Kier molecular flexibility index (Phi) is 4.51. The minimum absolute atomic E-state index is 0.0504. The van der Waals surface area contributed by atoms with Crippen molar-refractivity contribution >= 4 is 27.5 Å². The van der Waals surface area contributed by atoms with Crippen molar-refractivity contribution in [1.29, 1.82) is 0 Å². The van der Waals surface area contributed by atoms with Crippen LogP contribution in [-0.4, -0.2) is 26.0 Å². The van der Waals surface area contributed by atoms with Crippen LogP contribution in [0.25, 0.3) is 0 Å². The van der Waals surface area contributed by atoms with Gasteiger partial charge in [0.2, 0.25) is 5.91 Å². The van der Waals surface area contributed by atoms with Gasteiger partial charge in [0.15, 0.2) is 0 Å². The second-order valence-electron chi connectivity index (χ2n) is 4.53. The van der Waals surface area contributed by atoms with Crippen molar-refractivity contribution in [3.05, 3.63) is 40.1 Å². The maximum atomic E-state index is 11.9. The first kappa shape index (κ1) is 14.7. The van der Waals surface area contributed by atoms with Gasteiger partial charge in [0, 0.05) is 10.2 Å². The number of nitrogens with one attached hydrogen (secondary N) is 1. The molecule has 0 fully saturated rings. The Hall–Kier alpha value is -1.73. The van der Waals surface area contributed by atoms with Gasteiger partial charge in [0.05, 0.1) is 12.3 Å². The predicted molar refractivity (Wildman–Crippen MR) is 78.2 cm³/mol. The number of aryl methyl sites for hydroxylation is 1. The fourth-order valence-electron chi connectivity index (χ4n) is 1.65. The number of nitrogens with zero attached hydrogens (tertiary/aromatic N) is 3. The van der Waals surface area contributed by atoms with E-state index < -0.39 is 6.10 Å². The van der Waals surface area contributed by atoms with E-state index in [-0.39, 0.29) is 12.5 Å². The van der Waals surface area contributed by atoms with Gasteiger partial charge in [-0.3, -0.25) is 4.79 Å². The van der Waals surface area contributed by atoms with Crippen molar-refractivity contribution in [1.82, 2.24) is 15.0 Å². The summed E-state index contributed by atoms with van der Waals surface area (Å²) in [6.07, 6.45) is 0.859. The highest BCUT2D eigenvalue weighted by Crippen LogP contribution is 2.19. The van der Waals surface area contributed by atoms with Crippen LogP contribution >= 0.6 is 15.9 Å². The van der Waals surface area contributed by atoms with Gasteiger partial charge in [-0.15, -0.1) is 5.10 Å². The summed E-state index contributed by atoms with van der Waals surface area (Å²) in [6, 6.07) is 5.58. The molecule has 7 heteroatoms. The van der Waals surface area contributed by atoms with Gasteiger partial charge in [-0.2, -0.15) is 0 Å². The molecule has 1 aromatic heterocycles. The van der Waals surface area contributed by atoms with Crippen LogP contribution in [0.5, 0.6) is 0 Å². The second kappa shape index (κ2) is 6.15. The quantitative estimate of drug-likeness (QED) is 0.893. The predicted octanol–water partition coefficient (Wildman–Crippen LogP) is 2.04. The molecule has 0 aliphatic carbocycles. The molecule has 20 heavy (non-hydrogen) atoms. The number of halogens is 1. The Morgan fingerprint density at radius 1 is 1.55 bits per heavy atom. The first-order chi connectivity index (χ1) is 9.45. The van der Waals surface area contributed by atoms with Crippen molar-refractivity contribution in [2.45, 2.75) is 26.5 Å². The Bertz CT molecular complexity index is 625. The molecule has 2 N–H and O–H groups in total. The van der Waals surface area contributed by atoms with Gasteiger partial charge >= 0.3 is 0 Å². The highest BCUT2D eigenvalue weighted by molar-refractivity contribution is 9.10. The van der Waals surface area contributed by atoms with Crippen LogP contribution in [0.4, 0.5) is 5.69 Å². The lowest BCUT2D eigenvalue weighted by molar-refractivity contribution is -0.116. The average Bonchev–Trinajstić information content (AvgIpc) is 2.82. The van der Waals surface area contributed by atoms with Crippen molar-refractivity contribution in [3.63, 3.8) is 0 Å². The zero-order valence-electron chi connectivity index (χ0n) is 11.2. The summed E-state index contributed by atoms with van der Waals surface area (Å²) in [6.45, 7) is 3.60. The third-order valence-corrected chi connectivity index (χ3v) is 3.62. The molecule has 0 aliphatic rings. The van der Waals surface area contributed by atoms with Crippen molar-refractivity contribution < 1.29 is 9.90 Å². The molecular weight excluding hydrogens is 324 g/mol. The van der Waals surface area contributed by atoms with E-state index in [9.17, 15) is 9.90 Å². The summed E-state index contributed by atoms with van der Waals surface area (Å²) in [7, 11) is 0. The molecule has 1 atom stereocenters. The smallest absolute Gasteiger partial charge is 0.246 e. The normalized spacial score (nSPS) is 12.2. The van der Waals surface area contributed by atoms with Crippen LogP contribution in [0.3, 0.4) is 0 Å².